The zero-order valence-corrected chi connectivity index (χ0v) is 12.8. The first-order chi connectivity index (χ1) is 10.1. The average molecular weight is 291 g/mol. The van der Waals surface area contributed by atoms with E-state index in [0.717, 1.165) is 18.7 Å². The van der Waals surface area contributed by atoms with E-state index in [-0.39, 0.29) is 0 Å². The third-order valence-corrected chi connectivity index (χ3v) is 2.71. The molecule has 0 aliphatic rings. The molecule has 2 heterocycles. The van der Waals surface area contributed by atoms with Crippen LogP contribution in [0.5, 0.6) is 0 Å². The van der Waals surface area contributed by atoms with E-state index in [1.165, 1.54) is 0 Å². The van der Waals surface area contributed by atoms with Crippen LogP contribution in [0, 0.1) is 0 Å². The summed E-state index contributed by atoms with van der Waals surface area (Å²) >= 11 is 0. The maximum absolute atomic E-state index is 5.54. The van der Waals surface area contributed by atoms with Crippen molar-refractivity contribution in [3.05, 3.63) is 17.8 Å². The van der Waals surface area contributed by atoms with E-state index >= 15 is 0 Å². The van der Waals surface area contributed by atoms with Gasteiger partial charge in [-0.15, -0.1) is 0 Å². The van der Waals surface area contributed by atoms with Crippen LogP contribution in [0.25, 0.3) is 0 Å². The first-order valence-corrected chi connectivity index (χ1v) is 6.97. The summed E-state index contributed by atoms with van der Waals surface area (Å²) in [5, 5.41) is 6.19. The quantitative estimate of drug-likeness (QED) is 0.793. The Balaban J connectivity index is 2.10. The molecule has 0 aromatic carbocycles. The van der Waals surface area contributed by atoms with Crippen LogP contribution >= 0.6 is 0 Å². The molecular weight excluding hydrogens is 270 g/mol. The summed E-state index contributed by atoms with van der Waals surface area (Å²) < 4.78 is 5.54. The van der Waals surface area contributed by atoms with E-state index in [4.69, 9.17) is 4.42 Å². The SMILES string of the molecule is CCNc1nc(NCc2ncc(CC)o2)nc(N(C)C)n1. The fourth-order valence-electron chi connectivity index (χ4n) is 1.63. The molecule has 2 aromatic heterocycles. The highest BCUT2D eigenvalue weighted by Gasteiger charge is 2.09. The highest BCUT2D eigenvalue weighted by Crippen LogP contribution is 2.12. The molecule has 0 amide bonds. The Kier molecular flexibility index (Phi) is 4.91. The Morgan fingerprint density at radius 1 is 1.10 bits per heavy atom. The van der Waals surface area contributed by atoms with Gasteiger partial charge in [-0.05, 0) is 6.92 Å². The van der Waals surface area contributed by atoms with Crippen molar-refractivity contribution in [2.75, 3.05) is 36.2 Å². The van der Waals surface area contributed by atoms with Crippen molar-refractivity contribution in [2.24, 2.45) is 0 Å². The van der Waals surface area contributed by atoms with E-state index in [9.17, 15) is 0 Å². The van der Waals surface area contributed by atoms with Crippen molar-refractivity contribution >= 4 is 17.8 Å². The smallest absolute Gasteiger partial charge is 0.231 e. The van der Waals surface area contributed by atoms with Crippen LogP contribution in [-0.4, -0.2) is 40.6 Å². The molecule has 0 fully saturated rings. The number of hydrogen-bond acceptors (Lipinski definition) is 8. The van der Waals surface area contributed by atoms with Crippen molar-refractivity contribution in [2.45, 2.75) is 26.8 Å². The van der Waals surface area contributed by atoms with Crippen molar-refractivity contribution in [3.63, 3.8) is 0 Å². The molecule has 21 heavy (non-hydrogen) atoms. The summed E-state index contributed by atoms with van der Waals surface area (Å²) in [7, 11) is 3.77. The summed E-state index contributed by atoms with van der Waals surface area (Å²) in [5.41, 5.74) is 0. The van der Waals surface area contributed by atoms with E-state index in [2.05, 4.69) is 30.6 Å². The molecule has 2 rings (SSSR count). The Hall–Kier alpha value is -2.38. The number of anilines is 3. The van der Waals surface area contributed by atoms with E-state index in [1.807, 2.05) is 32.8 Å². The predicted molar refractivity (Wildman–Crippen MR) is 81.5 cm³/mol. The molecule has 0 radical (unpaired) electrons. The molecule has 8 nitrogen and oxygen atoms in total. The first-order valence-electron chi connectivity index (χ1n) is 6.97. The monoisotopic (exact) mass is 291 g/mol. The number of hydrogen-bond donors (Lipinski definition) is 2. The number of aromatic nitrogens is 4. The van der Waals surface area contributed by atoms with Crippen LogP contribution in [-0.2, 0) is 13.0 Å². The van der Waals surface area contributed by atoms with Gasteiger partial charge < -0.3 is 20.0 Å². The van der Waals surface area contributed by atoms with Crippen molar-refractivity contribution in [1.82, 2.24) is 19.9 Å². The largest absolute Gasteiger partial charge is 0.444 e. The van der Waals surface area contributed by atoms with Gasteiger partial charge in [0, 0.05) is 27.1 Å². The first kappa shape index (κ1) is 15.0. The second-order valence-corrected chi connectivity index (χ2v) is 4.63. The molecule has 0 saturated heterocycles. The summed E-state index contributed by atoms with van der Waals surface area (Å²) in [6, 6.07) is 0. The van der Waals surface area contributed by atoms with Gasteiger partial charge in [0.2, 0.25) is 23.7 Å². The molecular formula is C13H21N7O. The van der Waals surface area contributed by atoms with Crippen LogP contribution in [0.3, 0.4) is 0 Å². The molecule has 2 aromatic rings. The maximum atomic E-state index is 5.54. The van der Waals surface area contributed by atoms with Crippen LogP contribution < -0.4 is 15.5 Å². The minimum absolute atomic E-state index is 0.433. The zero-order chi connectivity index (χ0) is 15.2. The molecule has 0 aliphatic heterocycles. The minimum atomic E-state index is 0.433. The third kappa shape index (κ3) is 4.04. The lowest BCUT2D eigenvalue weighted by molar-refractivity contribution is 0.465. The molecule has 8 heteroatoms. The molecule has 0 spiro atoms. The van der Waals surface area contributed by atoms with Crippen LogP contribution in [0.15, 0.2) is 10.6 Å². The molecule has 0 aliphatic carbocycles. The summed E-state index contributed by atoms with van der Waals surface area (Å²) in [6.07, 6.45) is 2.56. The zero-order valence-electron chi connectivity index (χ0n) is 12.8. The second-order valence-electron chi connectivity index (χ2n) is 4.63. The fourth-order valence-corrected chi connectivity index (χ4v) is 1.63. The average Bonchev–Trinajstić information content (AvgIpc) is 2.93. The summed E-state index contributed by atoms with van der Waals surface area (Å²) in [6.45, 7) is 5.19. The van der Waals surface area contributed by atoms with Gasteiger partial charge in [-0.2, -0.15) is 15.0 Å². The van der Waals surface area contributed by atoms with Crippen molar-refractivity contribution in [3.8, 4) is 0 Å². The van der Waals surface area contributed by atoms with Gasteiger partial charge in [-0.1, -0.05) is 6.92 Å². The van der Waals surface area contributed by atoms with E-state index in [1.54, 1.807) is 6.20 Å². The number of oxazole rings is 1. The van der Waals surface area contributed by atoms with Gasteiger partial charge in [0.25, 0.3) is 0 Å². The molecule has 2 N–H and O–H groups in total. The second kappa shape index (κ2) is 6.87. The van der Waals surface area contributed by atoms with Crippen LogP contribution in [0.1, 0.15) is 25.5 Å². The summed E-state index contributed by atoms with van der Waals surface area (Å²) in [5.74, 6) is 3.10. The number of aryl methyl sites for hydroxylation is 1. The Morgan fingerprint density at radius 2 is 1.81 bits per heavy atom. The third-order valence-electron chi connectivity index (χ3n) is 2.71. The molecule has 0 unspecified atom stereocenters. The normalized spacial score (nSPS) is 10.5. The molecule has 0 atom stereocenters. The van der Waals surface area contributed by atoms with Gasteiger partial charge in [-0.25, -0.2) is 4.98 Å². The minimum Gasteiger partial charge on any atom is -0.444 e. The lowest BCUT2D eigenvalue weighted by Gasteiger charge is -2.13. The van der Waals surface area contributed by atoms with Crippen molar-refractivity contribution in [1.29, 1.82) is 0 Å². The van der Waals surface area contributed by atoms with Crippen LogP contribution in [0.4, 0.5) is 17.8 Å². The Bertz CT molecular complexity index is 582. The van der Waals surface area contributed by atoms with Crippen molar-refractivity contribution < 1.29 is 4.42 Å². The highest BCUT2D eigenvalue weighted by atomic mass is 16.4. The molecule has 114 valence electrons. The maximum Gasteiger partial charge on any atom is 0.231 e. The van der Waals surface area contributed by atoms with E-state index < -0.39 is 0 Å². The highest BCUT2D eigenvalue weighted by molar-refractivity contribution is 5.42. The number of rotatable bonds is 7. The predicted octanol–water partition coefficient (Wildman–Crippen LogP) is 1.53. The molecule has 0 bridgehead atoms. The Morgan fingerprint density at radius 3 is 2.38 bits per heavy atom. The topological polar surface area (TPSA) is 92.0 Å². The fraction of sp³-hybridized carbons (Fsp3) is 0.538. The standard InChI is InChI=1S/C13H21N7O/c1-5-9-7-15-10(21-9)8-16-12-17-11(14-6-2)18-13(19-12)20(3)4/h7H,5-6,8H2,1-4H3,(H2,14,16,17,18,19). The summed E-state index contributed by atoms with van der Waals surface area (Å²) in [4.78, 5) is 19.0. The van der Waals surface area contributed by atoms with Gasteiger partial charge in [0.05, 0.1) is 12.7 Å². The lowest BCUT2D eigenvalue weighted by Crippen LogP contribution is -2.17. The molecule has 0 saturated carbocycles. The Labute approximate surface area is 124 Å². The van der Waals surface area contributed by atoms with Gasteiger partial charge >= 0.3 is 0 Å². The number of nitrogens with one attached hydrogen (secondary N) is 2. The van der Waals surface area contributed by atoms with Gasteiger partial charge in [0.15, 0.2) is 0 Å². The number of nitrogens with zero attached hydrogens (tertiary/aromatic N) is 5. The van der Waals surface area contributed by atoms with E-state index in [0.29, 0.717) is 30.3 Å². The van der Waals surface area contributed by atoms with Crippen LogP contribution in [0.2, 0.25) is 0 Å². The van der Waals surface area contributed by atoms with Gasteiger partial charge in [-0.3, -0.25) is 0 Å². The lowest BCUT2D eigenvalue weighted by atomic mass is 10.4. The van der Waals surface area contributed by atoms with Gasteiger partial charge in [0.1, 0.15) is 5.76 Å².